The van der Waals surface area contributed by atoms with Crippen LogP contribution in [0.4, 0.5) is 5.69 Å². The lowest BCUT2D eigenvalue weighted by Crippen LogP contribution is -2.32. The van der Waals surface area contributed by atoms with E-state index < -0.39 is 0 Å². The zero-order chi connectivity index (χ0) is 12.8. The van der Waals surface area contributed by atoms with Gasteiger partial charge in [0, 0.05) is 38.1 Å². The monoisotopic (exact) mass is 248 g/mol. The van der Waals surface area contributed by atoms with Gasteiger partial charge >= 0.3 is 0 Å². The summed E-state index contributed by atoms with van der Waals surface area (Å²) < 4.78 is 5.30. The minimum absolute atomic E-state index is 0.00384. The van der Waals surface area contributed by atoms with Crippen molar-refractivity contribution in [3.05, 3.63) is 29.8 Å². The smallest absolute Gasteiger partial charge is 0.251 e. The molecule has 2 rings (SSSR count). The first-order valence-electron chi connectivity index (χ1n) is 6.43. The SMILES string of the molecule is CNc1ccc(C(=O)NCC2CCOCC2)cc1. The second-order valence-electron chi connectivity index (χ2n) is 4.59. The summed E-state index contributed by atoms with van der Waals surface area (Å²) in [7, 11) is 1.86. The standard InChI is InChI=1S/C14H20N2O2/c1-15-13-4-2-12(3-5-13)14(17)16-10-11-6-8-18-9-7-11/h2-5,11,15H,6-10H2,1H3,(H,16,17). The number of carbonyl (C=O) groups is 1. The molecule has 1 aliphatic heterocycles. The number of rotatable bonds is 4. The molecule has 4 nitrogen and oxygen atoms in total. The highest BCUT2D eigenvalue weighted by Gasteiger charge is 2.15. The van der Waals surface area contributed by atoms with E-state index in [0.717, 1.165) is 38.3 Å². The molecule has 0 unspecified atom stereocenters. The van der Waals surface area contributed by atoms with E-state index >= 15 is 0 Å². The van der Waals surface area contributed by atoms with Crippen molar-refractivity contribution < 1.29 is 9.53 Å². The van der Waals surface area contributed by atoms with Crippen LogP contribution in [-0.2, 0) is 4.74 Å². The minimum atomic E-state index is 0.00384. The maximum Gasteiger partial charge on any atom is 0.251 e. The summed E-state index contributed by atoms with van der Waals surface area (Å²) in [5.41, 5.74) is 1.72. The Morgan fingerprint density at radius 2 is 1.94 bits per heavy atom. The van der Waals surface area contributed by atoms with Crippen LogP contribution in [0.3, 0.4) is 0 Å². The lowest BCUT2D eigenvalue weighted by molar-refractivity contribution is 0.0642. The molecule has 0 radical (unpaired) electrons. The van der Waals surface area contributed by atoms with Crippen molar-refractivity contribution in [3.8, 4) is 0 Å². The van der Waals surface area contributed by atoms with Crippen LogP contribution in [-0.4, -0.2) is 32.7 Å². The van der Waals surface area contributed by atoms with Crippen molar-refractivity contribution in [2.75, 3.05) is 32.1 Å². The van der Waals surface area contributed by atoms with Crippen molar-refractivity contribution in [1.82, 2.24) is 5.32 Å². The molecule has 1 saturated heterocycles. The summed E-state index contributed by atoms with van der Waals surface area (Å²) >= 11 is 0. The van der Waals surface area contributed by atoms with Crippen LogP contribution >= 0.6 is 0 Å². The van der Waals surface area contributed by atoms with Crippen molar-refractivity contribution in [2.24, 2.45) is 5.92 Å². The Hall–Kier alpha value is -1.55. The van der Waals surface area contributed by atoms with Crippen LogP contribution in [0.25, 0.3) is 0 Å². The molecule has 0 bridgehead atoms. The van der Waals surface area contributed by atoms with Gasteiger partial charge in [-0.05, 0) is 43.0 Å². The Labute approximate surface area is 108 Å². The molecule has 1 aliphatic rings. The highest BCUT2D eigenvalue weighted by Crippen LogP contribution is 2.14. The van der Waals surface area contributed by atoms with Crippen LogP contribution in [0.1, 0.15) is 23.2 Å². The van der Waals surface area contributed by atoms with E-state index in [1.807, 2.05) is 31.3 Å². The number of ether oxygens (including phenoxy) is 1. The van der Waals surface area contributed by atoms with Crippen LogP contribution in [0.2, 0.25) is 0 Å². The van der Waals surface area contributed by atoms with E-state index in [0.29, 0.717) is 11.5 Å². The number of anilines is 1. The Bertz CT molecular complexity index is 383. The molecule has 0 saturated carbocycles. The zero-order valence-electron chi connectivity index (χ0n) is 10.7. The molecule has 1 aromatic carbocycles. The number of benzene rings is 1. The first-order valence-corrected chi connectivity index (χ1v) is 6.43. The van der Waals surface area contributed by atoms with Crippen LogP contribution < -0.4 is 10.6 Å². The Morgan fingerprint density at radius 1 is 1.28 bits per heavy atom. The van der Waals surface area contributed by atoms with Gasteiger partial charge in [0.2, 0.25) is 0 Å². The quantitative estimate of drug-likeness (QED) is 0.855. The first kappa shape index (κ1) is 12.9. The van der Waals surface area contributed by atoms with Gasteiger partial charge < -0.3 is 15.4 Å². The van der Waals surface area contributed by atoms with Crippen LogP contribution in [0.5, 0.6) is 0 Å². The zero-order valence-corrected chi connectivity index (χ0v) is 10.7. The van der Waals surface area contributed by atoms with E-state index in [2.05, 4.69) is 10.6 Å². The fraction of sp³-hybridized carbons (Fsp3) is 0.500. The molecule has 0 atom stereocenters. The molecule has 18 heavy (non-hydrogen) atoms. The van der Waals surface area contributed by atoms with E-state index in [4.69, 9.17) is 4.74 Å². The van der Waals surface area contributed by atoms with Crippen LogP contribution in [0.15, 0.2) is 24.3 Å². The van der Waals surface area contributed by atoms with Gasteiger partial charge in [-0.25, -0.2) is 0 Å². The van der Waals surface area contributed by atoms with Crippen molar-refractivity contribution in [1.29, 1.82) is 0 Å². The van der Waals surface area contributed by atoms with Crippen molar-refractivity contribution >= 4 is 11.6 Å². The van der Waals surface area contributed by atoms with Gasteiger partial charge in [-0.1, -0.05) is 0 Å². The number of hydrogen-bond acceptors (Lipinski definition) is 3. The molecule has 98 valence electrons. The lowest BCUT2D eigenvalue weighted by Gasteiger charge is -2.22. The predicted octanol–water partition coefficient (Wildman–Crippen LogP) is 1.88. The van der Waals surface area contributed by atoms with Crippen molar-refractivity contribution in [3.63, 3.8) is 0 Å². The van der Waals surface area contributed by atoms with Crippen LogP contribution in [0, 0.1) is 5.92 Å². The maximum absolute atomic E-state index is 11.9. The second-order valence-corrected chi connectivity index (χ2v) is 4.59. The Balaban J connectivity index is 1.82. The van der Waals surface area contributed by atoms with Gasteiger partial charge in [-0.2, -0.15) is 0 Å². The largest absolute Gasteiger partial charge is 0.388 e. The van der Waals surface area contributed by atoms with E-state index in [9.17, 15) is 4.79 Å². The summed E-state index contributed by atoms with van der Waals surface area (Å²) in [6, 6.07) is 7.49. The lowest BCUT2D eigenvalue weighted by atomic mass is 10.0. The Kier molecular flexibility index (Phi) is 4.59. The third kappa shape index (κ3) is 3.47. The first-order chi connectivity index (χ1) is 8.79. The highest BCUT2D eigenvalue weighted by molar-refractivity contribution is 5.94. The summed E-state index contributed by atoms with van der Waals surface area (Å²) in [6.07, 6.45) is 2.08. The molecule has 1 aromatic rings. The Morgan fingerprint density at radius 3 is 2.56 bits per heavy atom. The molecule has 0 aromatic heterocycles. The van der Waals surface area contributed by atoms with Gasteiger partial charge in [0.05, 0.1) is 0 Å². The molecule has 0 spiro atoms. The molecule has 1 amide bonds. The van der Waals surface area contributed by atoms with E-state index in [-0.39, 0.29) is 5.91 Å². The molecule has 4 heteroatoms. The summed E-state index contributed by atoms with van der Waals surface area (Å²) in [5.74, 6) is 0.559. The number of amides is 1. The number of hydrogen-bond donors (Lipinski definition) is 2. The molecular formula is C14H20N2O2. The number of nitrogens with one attached hydrogen (secondary N) is 2. The van der Waals surface area contributed by atoms with Crippen molar-refractivity contribution in [2.45, 2.75) is 12.8 Å². The molecular weight excluding hydrogens is 228 g/mol. The summed E-state index contributed by atoms with van der Waals surface area (Å²) in [6.45, 7) is 2.38. The third-order valence-corrected chi connectivity index (χ3v) is 3.33. The summed E-state index contributed by atoms with van der Waals surface area (Å²) in [5, 5.41) is 6.02. The fourth-order valence-corrected chi connectivity index (χ4v) is 2.08. The maximum atomic E-state index is 11.9. The molecule has 2 N–H and O–H groups in total. The van der Waals surface area contributed by atoms with Gasteiger partial charge in [-0.3, -0.25) is 4.79 Å². The van der Waals surface area contributed by atoms with Gasteiger partial charge in [0.15, 0.2) is 0 Å². The van der Waals surface area contributed by atoms with Gasteiger partial charge in [0.25, 0.3) is 5.91 Å². The fourth-order valence-electron chi connectivity index (χ4n) is 2.08. The number of carbonyl (C=O) groups excluding carboxylic acids is 1. The normalized spacial score (nSPS) is 16.3. The van der Waals surface area contributed by atoms with Gasteiger partial charge in [0.1, 0.15) is 0 Å². The third-order valence-electron chi connectivity index (χ3n) is 3.33. The average molecular weight is 248 g/mol. The highest BCUT2D eigenvalue weighted by atomic mass is 16.5. The predicted molar refractivity (Wildman–Crippen MR) is 71.9 cm³/mol. The summed E-state index contributed by atoms with van der Waals surface area (Å²) in [4.78, 5) is 11.9. The molecule has 1 heterocycles. The van der Waals surface area contributed by atoms with E-state index in [1.54, 1.807) is 0 Å². The minimum Gasteiger partial charge on any atom is -0.388 e. The average Bonchev–Trinajstić information content (AvgIpc) is 2.46. The second kappa shape index (κ2) is 6.40. The van der Waals surface area contributed by atoms with Gasteiger partial charge in [-0.15, -0.1) is 0 Å². The topological polar surface area (TPSA) is 50.4 Å². The molecule has 0 aliphatic carbocycles. The van der Waals surface area contributed by atoms with E-state index in [1.165, 1.54) is 0 Å². The molecule has 1 fully saturated rings.